The van der Waals surface area contributed by atoms with Crippen molar-refractivity contribution in [3.05, 3.63) is 0 Å². The van der Waals surface area contributed by atoms with E-state index >= 15 is 0 Å². The molecular weight excluding hydrogens is 216 g/mol. The van der Waals surface area contributed by atoms with Gasteiger partial charge in [0.2, 0.25) is 0 Å². The molecule has 0 heterocycles. The van der Waals surface area contributed by atoms with E-state index in [4.69, 9.17) is 0 Å². The molecule has 0 aliphatic heterocycles. The molecule has 0 rings (SSSR count). The van der Waals surface area contributed by atoms with Crippen molar-refractivity contribution < 1.29 is 0 Å². The third kappa shape index (κ3) is 14.1. The van der Waals surface area contributed by atoms with Crippen LogP contribution >= 0.6 is 0 Å². The molecule has 0 heteroatoms. The predicted octanol–water partition coefficient (Wildman–Crippen LogP) is 7.29. The Morgan fingerprint density at radius 3 is 0.611 bits per heavy atom. The summed E-state index contributed by atoms with van der Waals surface area (Å²) in [4.78, 5) is 0. The van der Waals surface area contributed by atoms with Gasteiger partial charge in [-0.15, -0.1) is 0 Å². The van der Waals surface area contributed by atoms with Crippen LogP contribution in [-0.2, 0) is 0 Å². The van der Waals surface area contributed by atoms with Crippen molar-refractivity contribution in [1.82, 2.24) is 0 Å². The first-order chi connectivity index (χ1) is 8.37. The Morgan fingerprint density at radius 2 is 0.500 bits per heavy atom. The first-order valence-corrected chi connectivity index (χ1v) is 8.37. The number of hydrogen-bond acceptors (Lipinski definition) is 0. The van der Waals surface area contributed by atoms with E-state index in [9.17, 15) is 0 Å². The van der Waals surface area contributed by atoms with Crippen LogP contribution in [0.1, 0.15) is 90.0 Å². The lowest BCUT2D eigenvalue weighted by molar-refractivity contribution is 0.184. The minimum atomic E-state index is 0.821. The normalized spacial score (nSPS) is 14.2. The molecule has 2 unspecified atom stereocenters. The summed E-state index contributed by atoms with van der Waals surface area (Å²) in [7, 11) is 0. The topological polar surface area (TPSA) is 0 Å². The minimum Gasteiger partial charge on any atom is -0.0683 e. The molecule has 0 spiro atoms. The van der Waals surface area contributed by atoms with Crippen LogP contribution < -0.4 is 0 Å². The Hall–Kier alpha value is 0. The quantitative estimate of drug-likeness (QED) is 0.498. The second-order valence-electron chi connectivity index (χ2n) is 5.07. The maximum absolute atomic E-state index is 2.40. The van der Waals surface area contributed by atoms with Gasteiger partial charge in [0, 0.05) is 0 Å². The lowest BCUT2D eigenvalue weighted by Crippen LogP contribution is -2.24. The largest absolute Gasteiger partial charge is 0.0683 e. The Bertz CT molecular complexity index is 99.2. The molecule has 0 saturated carbocycles. The van der Waals surface area contributed by atoms with Gasteiger partial charge >= 0.3 is 0 Å². The van der Waals surface area contributed by atoms with Gasteiger partial charge in [0.25, 0.3) is 0 Å². The fourth-order valence-electron chi connectivity index (χ4n) is 1.69. The van der Waals surface area contributed by atoms with Crippen LogP contribution in [0.3, 0.4) is 0 Å². The highest BCUT2D eigenvalue weighted by Gasteiger charge is 2.23. The van der Waals surface area contributed by atoms with E-state index in [-0.39, 0.29) is 0 Å². The molecule has 0 aromatic heterocycles. The fraction of sp³-hybridized carbons (Fsp3) is 1.00. The lowest BCUT2D eigenvalue weighted by atomic mass is 9.75. The zero-order valence-corrected chi connectivity index (χ0v) is 15.9. The standard InChI is InChI=1S/C12H26.3C2H6/c1-8(2)10(5)12(7)11(6)9(3)4;3*1-2/h8-12H,1-7H3;3*1-2H3. The highest BCUT2D eigenvalue weighted by Crippen LogP contribution is 2.30. The molecule has 0 aliphatic carbocycles. The summed E-state index contributed by atoms with van der Waals surface area (Å²) >= 11 is 0. The molecule has 116 valence electrons. The van der Waals surface area contributed by atoms with Crippen molar-refractivity contribution in [3.63, 3.8) is 0 Å². The van der Waals surface area contributed by atoms with Crippen molar-refractivity contribution in [1.29, 1.82) is 0 Å². The predicted molar refractivity (Wildman–Crippen MR) is 91.2 cm³/mol. The highest BCUT2D eigenvalue weighted by atomic mass is 14.3. The third-order valence-corrected chi connectivity index (χ3v) is 3.76. The van der Waals surface area contributed by atoms with Crippen LogP contribution in [0.25, 0.3) is 0 Å². The monoisotopic (exact) mass is 260 g/mol. The molecule has 0 aliphatic rings. The van der Waals surface area contributed by atoms with Gasteiger partial charge in [0.05, 0.1) is 0 Å². The van der Waals surface area contributed by atoms with Crippen molar-refractivity contribution in [2.24, 2.45) is 29.6 Å². The molecule has 0 aromatic rings. The van der Waals surface area contributed by atoms with Gasteiger partial charge in [-0.25, -0.2) is 0 Å². The van der Waals surface area contributed by atoms with Gasteiger partial charge in [0.15, 0.2) is 0 Å². The van der Waals surface area contributed by atoms with E-state index in [1.165, 1.54) is 0 Å². The third-order valence-electron chi connectivity index (χ3n) is 3.76. The van der Waals surface area contributed by atoms with Gasteiger partial charge in [0.1, 0.15) is 0 Å². The number of rotatable bonds is 4. The van der Waals surface area contributed by atoms with E-state index in [2.05, 4.69) is 48.5 Å². The maximum atomic E-state index is 2.40. The van der Waals surface area contributed by atoms with Crippen LogP contribution in [0.5, 0.6) is 0 Å². The Kier molecular flexibility index (Phi) is 28.5. The van der Waals surface area contributed by atoms with Gasteiger partial charge in [-0.3, -0.25) is 0 Å². The Balaban J connectivity index is -0.000000141. The first-order valence-electron chi connectivity index (χ1n) is 8.37. The molecule has 0 nitrogen and oxygen atoms in total. The number of hydrogen-bond donors (Lipinski definition) is 0. The van der Waals surface area contributed by atoms with Crippen molar-refractivity contribution in [2.75, 3.05) is 0 Å². The summed E-state index contributed by atoms with van der Waals surface area (Å²) in [5.41, 5.74) is 0. The molecule has 0 N–H and O–H groups in total. The summed E-state index contributed by atoms with van der Waals surface area (Å²) in [6.45, 7) is 28.5. The van der Waals surface area contributed by atoms with E-state index in [0.29, 0.717) is 0 Å². The minimum absolute atomic E-state index is 0.821. The maximum Gasteiger partial charge on any atom is -0.0386 e. The average Bonchev–Trinajstić information content (AvgIpc) is 2.42. The molecule has 0 amide bonds. The molecule has 18 heavy (non-hydrogen) atoms. The van der Waals surface area contributed by atoms with Gasteiger partial charge < -0.3 is 0 Å². The zero-order chi connectivity index (χ0) is 15.9. The van der Waals surface area contributed by atoms with Crippen molar-refractivity contribution in [2.45, 2.75) is 90.0 Å². The zero-order valence-electron chi connectivity index (χ0n) is 15.9. The second kappa shape index (κ2) is 19.3. The molecule has 0 fully saturated rings. The van der Waals surface area contributed by atoms with Crippen molar-refractivity contribution >= 4 is 0 Å². The van der Waals surface area contributed by atoms with E-state index < -0.39 is 0 Å². The summed E-state index contributed by atoms with van der Waals surface area (Å²) in [6.07, 6.45) is 0. The summed E-state index contributed by atoms with van der Waals surface area (Å²) < 4.78 is 0. The molecule has 0 radical (unpaired) electrons. The highest BCUT2D eigenvalue weighted by molar-refractivity contribution is 4.72. The molecule has 0 aromatic carbocycles. The molecule has 2 atom stereocenters. The first kappa shape index (κ1) is 26.5. The van der Waals surface area contributed by atoms with Gasteiger partial charge in [-0.05, 0) is 29.6 Å². The summed E-state index contributed by atoms with van der Waals surface area (Å²) in [5.74, 6) is 4.19. The second-order valence-corrected chi connectivity index (χ2v) is 5.07. The van der Waals surface area contributed by atoms with Crippen LogP contribution in [0, 0.1) is 29.6 Å². The molecular formula is C18H44. The lowest BCUT2D eigenvalue weighted by Gasteiger charge is -2.31. The van der Waals surface area contributed by atoms with Crippen LogP contribution in [-0.4, -0.2) is 0 Å². The summed E-state index contributed by atoms with van der Waals surface area (Å²) in [5, 5.41) is 0. The van der Waals surface area contributed by atoms with Crippen LogP contribution in [0.4, 0.5) is 0 Å². The summed E-state index contributed by atoms with van der Waals surface area (Å²) in [6, 6.07) is 0. The Morgan fingerprint density at radius 1 is 0.333 bits per heavy atom. The Labute approximate surface area is 120 Å². The molecule has 0 bridgehead atoms. The van der Waals surface area contributed by atoms with E-state index in [1.54, 1.807) is 0 Å². The smallest absolute Gasteiger partial charge is 0.0386 e. The van der Waals surface area contributed by atoms with Crippen LogP contribution in [0.15, 0.2) is 0 Å². The SMILES string of the molecule is CC.CC.CC.CC(C)C(C)C(C)C(C)C(C)C. The van der Waals surface area contributed by atoms with E-state index in [1.807, 2.05) is 41.5 Å². The van der Waals surface area contributed by atoms with E-state index in [0.717, 1.165) is 29.6 Å². The molecule has 0 saturated heterocycles. The van der Waals surface area contributed by atoms with Crippen LogP contribution in [0.2, 0.25) is 0 Å². The van der Waals surface area contributed by atoms with Crippen molar-refractivity contribution in [3.8, 4) is 0 Å². The van der Waals surface area contributed by atoms with Gasteiger partial charge in [-0.1, -0.05) is 90.0 Å². The fourth-order valence-corrected chi connectivity index (χ4v) is 1.69. The van der Waals surface area contributed by atoms with Gasteiger partial charge in [-0.2, -0.15) is 0 Å². The average molecular weight is 261 g/mol.